The van der Waals surface area contributed by atoms with Crippen LogP contribution in [0.4, 0.5) is 4.39 Å². The molecule has 1 aromatic rings. The van der Waals surface area contributed by atoms with E-state index in [9.17, 15) is 9.18 Å². The molecule has 0 atom stereocenters. The van der Waals surface area contributed by atoms with Crippen molar-refractivity contribution in [3.05, 3.63) is 30.1 Å². The van der Waals surface area contributed by atoms with E-state index in [2.05, 4.69) is 4.90 Å². The van der Waals surface area contributed by atoms with Crippen LogP contribution in [0.1, 0.15) is 13.8 Å². The Kier molecular flexibility index (Phi) is 4.60. The van der Waals surface area contributed by atoms with Gasteiger partial charge < -0.3 is 9.64 Å². The summed E-state index contributed by atoms with van der Waals surface area (Å²) in [6.45, 7) is 5.88. The Hall–Kier alpha value is -1.62. The molecule has 110 valence electrons. The topological polar surface area (TPSA) is 32.8 Å². The molecule has 1 saturated heterocycles. The summed E-state index contributed by atoms with van der Waals surface area (Å²) in [5.74, 6) is 0.525. The van der Waals surface area contributed by atoms with Gasteiger partial charge in [-0.15, -0.1) is 0 Å². The van der Waals surface area contributed by atoms with Gasteiger partial charge in [0.1, 0.15) is 17.7 Å². The summed E-state index contributed by atoms with van der Waals surface area (Å²) < 4.78 is 18.5. The first kappa shape index (κ1) is 14.8. The van der Waals surface area contributed by atoms with Crippen molar-refractivity contribution in [3.63, 3.8) is 0 Å². The summed E-state index contributed by atoms with van der Waals surface area (Å²) in [5, 5.41) is 0. The van der Waals surface area contributed by atoms with Crippen molar-refractivity contribution in [2.24, 2.45) is 0 Å². The minimum Gasteiger partial charge on any atom is -0.488 e. The van der Waals surface area contributed by atoms with E-state index >= 15 is 0 Å². The van der Waals surface area contributed by atoms with Gasteiger partial charge in [-0.3, -0.25) is 9.69 Å². The van der Waals surface area contributed by atoms with Gasteiger partial charge in [-0.1, -0.05) is 0 Å². The number of amides is 1. The van der Waals surface area contributed by atoms with Crippen molar-refractivity contribution in [1.29, 1.82) is 0 Å². The highest BCUT2D eigenvalue weighted by atomic mass is 19.1. The van der Waals surface area contributed by atoms with E-state index in [1.165, 1.54) is 12.1 Å². The zero-order valence-electron chi connectivity index (χ0n) is 12.2. The third kappa shape index (κ3) is 3.70. The predicted octanol–water partition coefficient (Wildman–Crippen LogP) is 1.76. The number of likely N-dealkylation sites (N-methyl/N-ethyl adjacent to an activating group) is 1. The average Bonchev–Trinajstić information content (AvgIpc) is 2.37. The Morgan fingerprint density at radius 3 is 2.55 bits per heavy atom. The van der Waals surface area contributed by atoms with E-state index in [0.717, 1.165) is 13.1 Å². The molecule has 1 aliphatic rings. The van der Waals surface area contributed by atoms with Crippen molar-refractivity contribution in [2.75, 3.05) is 26.7 Å². The number of carbonyl (C=O) groups is 1. The number of rotatable bonds is 5. The van der Waals surface area contributed by atoms with Gasteiger partial charge in [0, 0.05) is 26.2 Å². The second kappa shape index (κ2) is 6.22. The molecule has 1 fully saturated rings. The van der Waals surface area contributed by atoms with Crippen LogP contribution in [0.5, 0.6) is 5.75 Å². The molecule has 0 bridgehead atoms. The molecule has 0 aliphatic carbocycles. The summed E-state index contributed by atoms with van der Waals surface area (Å²) >= 11 is 0. The van der Waals surface area contributed by atoms with Crippen LogP contribution in [0.25, 0.3) is 0 Å². The van der Waals surface area contributed by atoms with Gasteiger partial charge in [-0.2, -0.15) is 0 Å². The molecule has 0 N–H and O–H groups in total. The first-order valence-electron chi connectivity index (χ1n) is 6.86. The fraction of sp³-hybridized carbons (Fsp3) is 0.533. The van der Waals surface area contributed by atoms with Crippen LogP contribution in [-0.4, -0.2) is 54.5 Å². The average molecular weight is 280 g/mol. The van der Waals surface area contributed by atoms with E-state index < -0.39 is 0 Å². The molecule has 1 amide bonds. The van der Waals surface area contributed by atoms with E-state index in [1.54, 1.807) is 17.0 Å². The normalized spacial score (nSPS) is 16.1. The molecule has 1 heterocycles. The molecule has 0 unspecified atom stereocenters. The van der Waals surface area contributed by atoms with Crippen LogP contribution in [0.15, 0.2) is 24.3 Å². The molecule has 1 aliphatic heterocycles. The molecule has 2 rings (SSSR count). The number of ether oxygens (including phenoxy) is 1. The van der Waals surface area contributed by atoms with E-state index in [4.69, 9.17) is 4.74 Å². The second-order valence-corrected chi connectivity index (χ2v) is 5.49. The lowest BCUT2D eigenvalue weighted by molar-refractivity contribution is -0.134. The highest BCUT2D eigenvalue weighted by molar-refractivity contribution is 5.78. The third-order valence-corrected chi connectivity index (χ3v) is 3.57. The summed E-state index contributed by atoms with van der Waals surface area (Å²) in [7, 11) is 1.82. The summed E-state index contributed by atoms with van der Waals surface area (Å²) in [6.07, 6.45) is 0.0811. The van der Waals surface area contributed by atoms with E-state index in [-0.39, 0.29) is 23.9 Å². The molecule has 4 nitrogen and oxygen atoms in total. The van der Waals surface area contributed by atoms with Crippen molar-refractivity contribution in [3.8, 4) is 5.75 Å². The fourth-order valence-electron chi connectivity index (χ4n) is 2.02. The molecule has 0 radical (unpaired) electrons. The molecular formula is C15H21FN2O2. The minimum absolute atomic E-state index is 0.0811. The highest BCUT2D eigenvalue weighted by Gasteiger charge is 2.30. The van der Waals surface area contributed by atoms with Crippen LogP contribution in [-0.2, 0) is 4.79 Å². The van der Waals surface area contributed by atoms with Crippen LogP contribution < -0.4 is 4.74 Å². The quantitative estimate of drug-likeness (QED) is 0.824. The maximum Gasteiger partial charge on any atom is 0.236 e. The van der Waals surface area contributed by atoms with Gasteiger partial charge in [0.05, 0.1) is 6.54 Å². The Morgan fingerprint density at radius 1 is 1.40 bits per heavy atom. The van der Waals surface area contributed by atoms with Gasteiger partial charge >= 0.3 is 0 Å². The Labute approximate surface area is 119 Å². The maximum atomic E-state index is 12.8. The molecular weight excluding hydrogens is 259 g/mol. The molecule has 5 heteroatoms. The molecule has 0 saturated carbocycles. The first-order valence-corrected chi connectivity index (χ1v) is 6.86. The van der Waals surface area contributed by atoms with Gasteiger partial charge in [0.15, 0.2) is 0 Å². The first-order chi connectivity index (χ1) is 9.45. The van der Waals surface area contributed by atoms with Gasteiger partial charge in [0.25, 0.3) is 0 Å². The van der Waals surface area contributed by atoms with E-state index in [0.29, 0.717) is 12.3 Å². The number of halogens is 1. The number of carbonyl (C=O) groups excluding carboxylic acids is 1. The smallest absolute Gasteiger partial charge is 0.236 e. The molecule has 20 heavy (non-hydrogen) atoms. The van der Waals surface area contributed by atoms with Crippen LogP contribution >= 0.6 is 0 Å². The number of likely N-dealkylation sites (tertiary alicyclic amines) is 1. The van der Waals surface area contributed by atoms with Crippen molar-refractivity contribution < 1.29 is 13.9 Å². The Bertz CT molecular complexity index is 455. The second-order valence-electron chi connectivity index (χ2n) is 5.49. The number of hydrogen-bond donors (Lipinski definition) is 0. The van der Waals surface area contributed by atoms with Gasteiger partial charge in [-0.05, 0) is 38.1 Å². The maximum absolute atomic E-state index is 12.8. The third-order valence-electron chi connectivity index (χ3n) is 3.57. The zero-order chi connectivity index (χ0) is 14.7. The van der Waals surface area contributed by atoms with E-state index in [1.807, 2.05) is 20.9 Å². The Morgan fingerprint density at radius 2 is 2.00 bits per heavy atom. The molecule has 0 spiro atoms. The standard InChI is InChI=1S/C15H21FN2O2/c1-11(2)17(3)15(19)10-18-8-14(9-18)20-13-6-4-12(16)5-7-13/h4-7,11,14H,8-10H2,1-3H3. The number of hydrogen-bond acceptors (Lipinski definition) is 3. The lowest BCUT2D eigenvalue weighted by Crippen LogP contribution is -2.56. The molecule has 1 aromatic carbocycles. The zero-order valence-corrected chi connectivity index (χ0v) is 12.2. The lowest BCUT2D eigenvalue weighted by Gasteiger charge is -2.39. The largest absolute Gasteiger partial charge is 0.488 e. The summed E-state index contributed by atoms with van der Waals surface area (Å²) in [4.78, 5) is 15.7. The lowest BCUT2D eigenvalue weighted by atomic mass is 10.1. The van der Waals surface area contributed by atoms with Crippen LogP contribution in [0, 0.1) is 5.82 Å². The minimum atomic E-state index is -0.269. The predicted molar refractivity (Wildman–Crippen MR) is 75.2 cm³/mol. The van der Waals surface area contributed by atoms with Crippen LogP contribution in [0.3, 0.4) is 0 Å². The molecule has 0 aromatic heterocycles. The van der Waals surface area contributed by atoms with Gasteiger partial charge in [0.2, 0.25) is 5.91 Å². The highest BCUT2D eigenvalue weighted by Crippen LogP contribution is 2.18. The van der Waals surface area contributed by atoms with Crippen LogP contribution in [0.2, 0.25) is 0 Å². The fourth-order valence-corrected chi connectivity index (χ4v) is 2.02. The summed E-state index contributed by atoms with van der Waals surface area (Å²) in [5.41, 5.74) is 0. The summed E-state index contributed by atoms with van der Waals surface area (Å²) in [6, 6.07) is 6.22. The number of benzene rings is 1. The number of nitrogens with zero attached hydrogens (tertiary/aromatic N) is 2. The Balaban J connectivity index is 1.72. The van der Waals surface area contributed by atoms with Crippen molar-refractivity contribution in [2.45, 2.75) is 26.0 Å². The van der Waals surface area contributed by atoms with Crippen molar-refractivity contribution in [1.82, 2.24) is 9.80 Å². The van der Waals surface area contributed by atoms with Gasteiger partial charge in [-0.25, -0.2) is 4.39 Å². The SMILES string of the molecule is CC(C)N(C)C(=O)CN1CC(Oc2ccc(F)cc2)C1. The monoisotopic (exact) mass is 280 g/mol. The van der Waals surface area contributed by atoms with Crippen molar-refractivity contribution >= 4 is 5.91 Å².